The van der Waals surface area contributed by atoms with Crippen LogP contribution >= 0.6 is 0 Å². The van der Waals surface area contributed by atoms with Crippen LogP contribution in [0.3, 0.4) is 0 Å². The van der Waals surface area contributed by atoms with Crippen molar-refractivity contribution >= 4 is 21.9 Å². The maximum absolute atomic E-state index is 12.3. The molecule has 1 heterocycles. The van der Waals surface area contributed by atoms with Gasteiger partial charge in [0, 0.05) is 13.1 Å². The second kappa shape index (κ2) is 8.68. The molecule has 1 aliphatic heterocycles. The van der Waals surface area contributed by atoms with Gasteiger partial charge in [-0.3, -0.25) is 4.79 Å². The number of hydrogen-bond donors (Lipinski definition) is 1. The van der Waals surface area contributed by atoms with Gasteiger partial charge in [-0.2, -0.15) is 0 Å². The SMILES string of the molecule is CNS(=O)(=O)c1cc(C(=O)OCC(=O)N2C[C@@H](C)O[C@H](C)C2)ccc1OC. The molecular formula is C17H24N2O7S. The highest BCUT2D eigenvalue weighted by Crippen LogP contribution is 2.25. The number of ether oxygens (including phenoxy) is 3. The zero-order chi connectivity index (χ0) is 20.2. The third kappa shape index (κ3) is 5.18. The average molecular weight is 400 g/mol. The second-order valence-corrected chi connectivity index (χ2v) is 8.06. The number of sulfonamides is 1. The van der Waals surface area contributed by atoms with Crippen LogP contribution < -0.4 is 9.46 Å². The van der Waals surface area contributed by atoms with Gasteiger partial charge < -0.3 is 19.1 Å². The summed E-state index contributed by atoms with van der Waals surface area (Å²) >= 11 is 0. The molecule has 2 rings (SSSR count). The molecule has 1 fully saturated rings. The molecule has 0 bridgehead atoms. The number of hydrogen-bond acceptors (Lipinski definition) is 7. The molecule has 10 heteroatoms. The lowest BCUT2D eigenvalue weighted by Gasteiger charge is -2.35. The Hall–Kier alpha value is -2.17. The van der Waals surface area contributed by atoms with Crippen molar-refractivity contribution < 1.29 is 32.2 Å². The van der Waals surface area contributed by atoms with E-state index in [4.69, 9.17) is 14.2 Å². The molecule has 1 N–H and O–H groups in total. The minimum Gasteiger partial charge on any atom is -0.495 e. The van der Waals surface area contributed by atoms with Crippen LogP contribution in [0.1, 0.15) is 24.2 Å². The molecule has 27 heavy (non-hydrogen) atoms. The Morgan fingerprint density at radius 1 is 1.26 bits per heavy atom. The van der Waals surface area contributed by atoms with Crippen LogP contribution in [0, 0.1) is 0 Å². The van der Waals surface area contributed by atoms with E-state index in [1.165, 1.54) is 26.3 Å². The third-order valence-electron chi connectivity index (χ3n) is 4.06. The maximum atomic E-state index is 12.3. The summed E-state index contributed by atoms with van der Waals surface area (Å²) in [6, 6.07) is 3.88. The van der Waals surface area contributed by atoms with Crippen LogP contribution in [0.15, 0.2) is 23.1 Å². The summed E-state index contributed by atoms with van der Waals surface area (Å²) in [5.41, 5.74) is 0.00105. The van der Waals surface area contributed by atoms with E-state index in [1.807, 2.05) is 13.8 Å². The van der Waals surface area contributed by atoms with Gasteiger partial charge in [-0.25, -0.2) is 17.9 Å². The summed E-state index contributed by atoms with van der Waals surface area (Å²) in [6.45, 7) is 4.14. The molecule has 0 radical (unpaired) electrons. The lowest BCUT2D eigenvalue weighted by molar-refractivity contribution is -0.146. The molecule has 0 aromatic heterocycles. The summed E-state index contributed by atoms with van der Waals surface area (Å²) in [7, 11) is -1.25. The fourth-order valence-corrected chi connectivity index (χ4v) is 3.73. The van der Waals surface area contributed by atoms with Crippen LogP contribution in [0.25, 0.3) is 0 Å². The van der Waals surface area contributed by atoms with Crippen LogP contribution in [-0.4, -0.2) is 71.3 Å². The van der Waals surface area contributed by atoms with Gasteiger partial charge in [-0.15, -0.1) is 0 Å². The number of methoxy groups -OCH3 is 1. The normalized spacial score (nSPS) is 20.2. The van der Waals surface area contributed by atoms with E-state index < -0.39 is 22.6 Å². The molecule has 1 amide bonds. The van der Waals surface area contributed by atoms with Crippen molar-refractivity contribution in [2.24, 2.45) is 0 Å². The number of carbonyl (C=O) groups excluding carboxylic acids is 2. The largest absolute Gasteiger partial charge is 0.495 e. The Labute approximate surface area is 158 Å². The molecule has 1 aromatic carbocycles. The van der Waals surface area contributed by atoms with Gasteiger partial charge in [0.1, 0.15) is 10.6 Å². The molecule has 0 spiro atoms. The van der Waals surface area contributed by atoms with Gasteiger partial charge in [-0.1, -0.05) is 0 Å². The predicted octanol–water partition coefficient (Wildman–Crippen LogP) is 0.396. The van der Waals surface area contributed by atoms with Crippen LogP contribution in [0.4, 0.5) is 0 Å². The summed E-state index contributed by atoms with van der Waals surface area (Å²) in [5.74, 6) is -1.04. The van der Waals surface area contributed by atoms with Gasteiger partial charge in [0.05, 0.1) is 24.9 Å². The summed E-state index contributed by atoms with van der Waals surface area (Å²) in [6.07, 6.45) is -0.186. The van der Waals surface area contributed by atoms with E-state index in [2.05, 4.69) is 4.72 Å². The third-order valence-corrected chi connectivity index (χ3v) is 5.49. The molecule has 1 aliphatic rings. The van der Waals surface area contributed by atoms with Gasteiger partial charge in [-0.05, 0) is 39.1 Å². The maximum Gasteiger partial charge on any atom is 0.338 e. The van der Waals surface area contributed by atoms with Crippen molar-refractivity contribution in [3.63, 3.8) is 0 Å². The molecule has 150 valence electrons. The number of morpholine rings is 1. The van der Waals surface area contributed by atoms with Gasteiger partial charge >= 0.3 is 5.97 Å². The number of benzene rings is 1. The first-order valence-electron chi connectivity index (χ1n) is 8.40. The summed E-state index contributed by atoms with van der Waals surface area (Å²) < 4.78 is 42.0. The Morgan fingerprint density at radius 3 is 2.44 bits per heavy atom. The number of nitrogens with one attached hydrogen (secondary N) is 1. The van der Waals surface area contributed by atoms with Crippen molar-refractivity contribution in [3.05, 3.63) is 23.8 Å². The first-order valence-corrected chi connectivity index (χ1v) is 9.88. The first kappa shape index (κ1) is 21.1. The zero-order valence-electron chi connectivity index (χ0n) is 15.7. The van der Waals surface area contributed by atoms with Crippen molar-refractivity contribution in [3.8, 4) is 5.75 Å². The molecular weight excluding hydrogens is 376 g/mol. The zero-order valence-corrected chi connectivity index (χ0v) is 16.5. The predicted molar refractivity (Wildman–Crippen MR) is 96.1 cm³/mol. The Kier molecular flexibility index (Phi) is 6.79. The van der Waals surface area contributed by atoms with Crippen molar-refractivity contribution in [1.82, 2.24) is 9.62 Å². The molecule has 0 saturated carbocycles. The highest BCUT2D eigenvalue weighted by molar-refractivity contribution is 7.89. The lowest BCUT2D eigenvalue weighted by Crippen LogP contribution is -2.49. The molecule has 1 aromatic rings. The Balaban J connectivity index is 2.08. The van der Waals surface area contributed by atoms with Crippen molar-refractivity contribution in [2.45, 2.75) is 31.0 Å². The highest BCUT2D eigenvalue weighted by atomic mass is 32.2. The smallest absolute Gasteiger partial charge is 0.338 e. The van der Waals surface area contributed by atoms with Crippen LogP contribution in [-0.2, 0) is 24.3 Å². The van der Waals surface area contributed by atoms with Gasteiger partial charge in [0.25, 0.3) is 5.91 Å². The van der Waals surface area contributed by atoms with Crippen molar-refractivity contribution in [2.75, 3.05) is 33.9 Å². The van der Waals surface area contributed by atoms with Gasteiger partial charge in [0.2, 0.25) is 10.0 Å². The first-order chi connectivity index (χ1) is 12.7. The minimum absolute atomic E-state index is 0.00105. The average Bonchev–Trinajstić information content (AvgIpc) is 2.64. The highest BCUT2D eigenvalue weighted by Gasteiger charge is 2.27. The summed E-state index contributed by atoms with van der Waals surface area (Å²) in [5, 5.41) is 0. The second-order valence-electron chi connectivity index (χ2n) is 6.21. The molecule has 1 saturated heterocycles. The Morgan fingerprint density at radius 2 is 1.89 bits per heavy atom. The van der Waals surface area contributed by atoms with Crippen LogP contribution in [0.5, 0.6) is 5.75 Å². The fraction of sp³-hybridized carbons (Fsp3) is 0.529. The van der Waals surface area contributed by atoms with E-state index in [1.54, 1.807) is 4.90 Å². The van der Waals surface area contributed by atoms with E-state index in [0.29, 0.717) is 13.1 Å². The number of rotatable bonds is 6. The van der Waals surface area contributed by atoms with E-state index in [0.717, 1.165) is 6.07 Å². The van der Waals surface area contributed by atoms with E-state index in [9.17, 15) is 18.0 Å². The number of nitrogens with zero attached hydrogens (tertiary/aromatic N) is 1. The standard InChI is InChI=1S/C17H24N2O7S/c1-11-8-19(9-12(2)26-11)16(20)10-25-17(21)13-5-6-14(24-4)15(7-13)27(22,23)18-3/h5-7,11-12,18H,8-10H2,1-4H3/t11-,12-/m1/s1. The van der Waals surface area contributed by atoms with Gasteiger partial charge in [0.15, 0.2) is 6.61 Å². The minimum atomic E-state index is -3.83. The topological polar surface area (TPSA) is 111 Å². The van der Waals surface area contributed by atoms with E-state index in [-0.39, 0.29) is 34.3 Å². The number of esters is 1. The lowest BCUT2D eigenvalue weighted by atomic mass is 10.2. The monoisotopic (exact) mass is 400 g/mol. The molecule has 9 nitrogen and oxygen atoms in total. The quantitative estimate of drug-likeness (QED) is 0.688. The Bertz CT molecular complexity index is 799. The van der Waals surface area contributed by atoms with Crippen LogP contribution in [0.2, 0.25) is 0 Å². The fourth-order valence-electron chi connectivity index (χ4n) is 2.81. The number of carbonyl (C=O) groups is 2. The number of amides is 1. The van der Waals surface area contributed by atoms with Crippen molar-refractivity contribution in [1.29, 1.82) is 0 Å². The molecule has 0 unspecified atom stereocenters. The molecule has 0 aliphatic carbocycles. The summed E-state index contributed by atoms with van der Waals surface area (Å²) in [4.78, 5) is 25.9. The van der Waals surface area contributed by atoms with E-state index >= 15 is 0 Å². The molecule has 2 atom stereocenters.